The number of rotatable bonds is 5. The molecule has 2 N–H and O–H groups in total. The minimum absolute atomic E-state index is 0.0353. The van der Waals surface area contributed by atoms with Crippen molar-refractivity contribution in [2.75, 3.05) is 17.2 Å². The van der Waals surface area contributed by atoms with Crippen molar-refractivity contribution < 1.29 is 26.3 Å². The van der Waals surface area contributed by atoms with Crippen molar-refractivity contribution in [3.8, 4) is 11.4 Å². The molecule has 0 atom stereocenters. The third-order valence-corrected chi connectivity index (χ3v) is 3.90. The van der Waals surface area contributed by atoms with Crippen LogP contribution < -0.4 is 10.6 Å². The van der Waals surface area contributed by atoms with E-state index in [9.17, 15) is 26.3 Å². The van der Waals surface area contributed by atoms with E-state index in [0.717, 1.165) is 6.07 Å². The van der Waals surface area contributed by atoms with E-state index in [2.05, 4.69) is 25.6 Å². The maximum atomic E-state index is 13.4. The van der Waals surface area contributed by atoms with Gasteiger partial charge in [-0.15, -0.1) is 0 Å². The Bertz CT molecular complexity index is 1020. The van der Waals surface area contributed by atoms with Crippen molar-refractivity contribution >= 4 is 17.5 Å². The summed E-state index contributed by atoms with van der Waals surface area (Å²) in [6.07, 6.45) is -8.39. The number of nitrogens with one attached hydrogen (secondary N) is 2. The highest BCUT2D eigenvalue weighted by Crippen LogP contribution is 2.40. The molecular formula is C19H15F6N5. The van der Waals surface area contributed by atoms with Gasteiger partial charge in [0, 0.05) is 18.8 Å². The van der Waals surface area contributed by atoms with Gasteiger partial charge in [0.05, 0.1) is 28.2 Å². The Morgan fingerprint density at radius 3 is 2.23 bits per heavy atom. The summed E-state index contributed by atoms with van der Waals surface area (Å²) in [5.41, 5.74) is -2.65. The average Bonchev–Trinajstić information content (AvgIpc) is 2.67. The first-order valence-electron chi connectivity index (χ1n) is 8.67. The topological polar surface area (TPSA) is 62.7 Å². The number of alkyl halides is 6. The molecule has 0 fully saturated rings. The van der Waals surface area contributed by atoms with Crippen LogP contribution in [0.15, 0.2) is 48.7 Å². The summed E-state index contributed by atoms with van der Waals surface area (Å²) in [6, 6.07) is 7.77. The molecule has 0 aliphatic heterocycles. The van der Waals surface area contributed by atoms with Crippen LogP contribution in [0.1, 0.15) is 18.1 Å². The van der Waals surface area contributed by atoms with E-state index in [1.165, 1.54) is 12.3 Å². The van der Waals surface area contributed by atoms with Gasteiger partial charge in [0.25, 0.3) is 0 Å². The predicted molar refractivity (Wildman–Crippen MR) is 99.2 cm³/mol. The second-order valence-corrected chi connectivity index (χ2v) is 6.09. The van der Waals surface area contributed by atoms with Gasteiger partial charge in [-0.05, 0) is 37.3 Å². The van der Waals surface area contributed by atoms with Gasteiger partial charge in [-0.3, -0.25) is 4.98 Å². The normalized spacial score (nSPS) is 12.0. The van der Waals surface area contributed by atoms with E-state index in [-0.39, 0.29) is 17.8 Å². The van der Waals surface area contributed by atoms with Crippen LogP contribution in [0, 0.1) is 0 Å². The van der Waals surface area contributed by atoms with Crippen LogP contribution in [-0.2, 0) is 12.4 Å². The molecule has 1 aromatic carbocycles. The summed E-state index contributed by atoms with van der Waals surface area (Å²) in [6.45, 7) is 2.22. The first-order chi connectivity index (χ1) is 14.1. The number of anilines is 3. The molecular weight excluding hydrogens is 412 g/mol. The molecule has 0 aliphatic carbocycles. The summed E-state index contributed by atoms with van der Waals surface area (Å²) in [5, 5.41) is 5.32. The Labute approximate surface area is 167 Å². The number of pyridine rings is 1. The van der Waals surface area contributed by atoms with Gasteiger partial charge in [-0.1, -0.05) is 6.07 Å². The van der Waals surface area contributed by atoms with Crippen molar-refractivity contribution in [1.82, 2.24) is 15.0 Å². The fourth-order valence-corrected chi connectivity index (χ4v) is 2.60. The van der Waals surface area contributed by atoms with E-state index in [1.54, 1.807) is 25.1 Å². The zero-order valence-corrected chi connectivity index (χ0v) is 15.4. The second kappa shape index (κ2) is 8.17. The highest BCUT2D eigenvalue weighted by atomic mass is 19.4. The predicted octanol–water partition coefficient (Wildman–Crippen LogP) is 5.75. The molecule has 3 aromatic rings. The Balaban J connectivity index is 2.06. The summed E-state index contributed by atoms with van der Waals surface area (Å²) in [7, 11) is 0. The number of aromatic nitrogens is 3. The SMILES string of the molecule is CCNc1nc(Nc2ccc(C(F)(F)F)cc2C(F)(F)F)cc(-c2ccccn2)n1. The molecule has 158 valence electrons. The average molecular weight is 427 g/mol. The number of hydrogen-bond donors (Lipinski definition) is 2. The van der Waals surface area contributed by atoms with Gasteiger partial charge < -0.3 is 10.6 Å². The molecule has 2 aromatic heterocycles. The highest BCUT2D eigenvalue weighted by molar-refractivity contribution is 5.67. The van der Waals surface area contributed by atoms with Crippen molar-refractivity contribution in [2.45, 2.75) is 19.3 Å². The molecule has 11 heteroatoms. The molecule has 2 heterocycles. The van der Waals surface area contributed by atoms with Crippen LogP contribution in [0.2, 0.25) is 0 Å². The molecule has 0 unspecified atom stereocenters. The Hall–Kier alpha value is -3.37. The van der Waals surface area contributed by atoms with Gasteiger partial charge in [0.2, 0.25) is 5.95 Å². The van der Waals surface area contributed by atoms with Crippen molar-refractivity contribution in [3.05, 3.63) is 59.8 Å². The van der Waals surface area contributed by atoms with Gasteiger partial charge in [-0.25, -0.2) is 4.98 Å². The van der Waals surface area contributed by atoms with Crippen LogP contribution in [0.3, 0.4) is 0 Å². The lowest BCUT2D eigenvalue weighted by molar-refractivity contribution is -0.142. The number of nitrogens with zero attached hydrogens (tertiary/aromatic N) is 3. The maximum absolute atomic E-state index is 13.4. The lowest BCUT2D eigenvalue weighted by atomic mass is 10.1. The monoisotopic (exact) mass is 427 g/mol. The van der Waals surface area contributed by atoms with Gasteiger partial charge >= 0.3 is 12.4 Å². The first-order valence-corrected chi connectivity index (χ1v) is 8.67. The number of halogens is 6. The molecule has 0 spiro atoms. The number of hydrogen-bond acceptors (Lipinski definition) is 5. The molecule has 0 bridgehead atoms. The van der Waals surface area contributed by atoms with Crippen LogP contribution >= 0.6 is 0 Å². The molecule has 0 saturated heterocycles. The van der Waals surface area contributed by atoms with E-state index in [4.69, 9.17) is 0 Å². The zero-order chi connectivity index (χ0) is 21.9. The highest BCUT2D eigenvalue weighted by Gasteiger charge is 2.38. The molecule has 0 saturated carbocycles. The lowest BCUT2D eigenvalue weighted by Crippen LogP contribution is -2.13. The molecule has 0 radical (unpaired) electrons. The fraction of sp³-hybridized carbons (Fsp3) is 0.211. The lowest BCUT2D eigenvalue weighted by Gasteiger charge is -2.17. The third kappa shape index (κ3) is 4.97. The van der Waals surface area contributed by atoms with Crippen LogP contribution in [0.5, 0.6) is 0 Å². The van der Waals surface area contributed by atoms with Gasteiger partial charge in [0.1, 0.15) is 5.82 Å². The second-order valence-electron chi connectivity index (χ2n) is 6.09. The van der Waals surface area contributed by atoms with Crippen LogP contribution in [-0.4, -0.2) is 21.5 Å². The van der Waals surface area contributed by atoms with Crippen molar-refractivity contribution in [1.29, 1.82) is 0 Å². The summed E-state index contributed by atoms with van der Waals surface area (Å²) in [4.78, 5) is 12.5. The summed E-state index contributed by atoms with van der Waals surface area (Å²) < 4.78 is 78.8. The van der Waals surface area contributed by atoms with Crippen LogP contribution in [0.4, 0.5) is 43.8 Å². The Kier molecular flexibility index (Phi) is 5.81. The van der Waals surface area contributed by atoms with E-state index in [0.29, 0.717) is 24.0 Å². The minimum atomic E-state index is -5.01. The smallest absolute Gasteiger partial charge is 0.354 e. The summed E-state index contributed by atoms with van der Waals surface area (Å²) >= 11 is 0. The van der Waals surface area contributed by atoms with Gasteiger partial charge in [-0.2, -0.15) is 31.3 Å². The van der Waals surface area contributed by atoms with E-state index >= 15 is 0 Å². The third-order valence-electron chi connectivity index (χ3n) is 3.90. The molecule has 0 amide bonds. The fourth-order valence-electron chi connectivity index (χ4n) is 2.60. The van der Waals surface area contributed by atoms with E-state index in [1.807, 2.05) is 0 Å². The maximum Gasteiger partial charge on any atom is 0.418 e. The molecule has 5 nitrogen and oxygen atoms in total. The van der Waals surface area contributed by atoms with Crippen molar-refractivity contribution in [3.63, 3.8) is 0 Å². The Morgan fingerprint density at radius 1 is 0.867 bits per heavy atom. The standard InChI is InChI=1S/C19H15F6N5/c1-2-26-17-29-15(14-5-3-4-8-27-14)10-16(30-17)28-13-7-6-11(18(20,21)22)9-12(13)19(23,24)25/h3-10H,2H2,1H3,(H2,26,28,29,30). The van der Waals surface area contributed by atoms with E-state index < -0.39 is 29.2 Å². The first kappa shape index (κ1) is 21.3. The molecule has 30 heavy (non-hydrogen) atoms. The summed E-state index contributed by atoms with van der Waals surface area (Å²) in [5.74, 6) is 0.0930. The quantitative estimate of drug-likeness (QED) is 0.508. The minimum Gasteiger partial charge on any atom is -0.354 e. The molecule has 0 aliphatic rings. The van der Waals surface area contributed by atoms with Crippen LogP contribution in [0.25, 0.3) is 11.4 Å². The number of benzene rings is 1. The Morgan fingerprint density at radius 2 is 1.63 bits per heavy atom. The zero-order valence-electron chi connectivity index (χ0n) is 15.4. The van der Waals surface area contributed by atoms with Crippen molar-refractivity contribution in [2.24, 2.45) is 0 Å². The molecule has 3 rings (SSSR count). The van der Waals surface area contributed by atoms with Gasteiger partial charge in [0.15, 0.2) is 0 Å². The largest absolute Gasteiger partial charge is 0.418 e.